The summed E-state index contributed by atoms with van der Waals surface area (Å²) in [7, 11) is 1.59. The number of aliphatic carboxylic acids is 1. The maximum Gasteiger partial charge on any atom is 0.305 e. The van der Waals surface area contributed by atoms with Crippen molar-refractivity contribution in [2.75, 3.05) is 12.5 Å². The van der Waals surface area contributed by atoms with E-state index in [9.17, 15) is 9.59 Å². The largest absolute Gasteiger partial charge is 0.497 e. The molecule has 0 saturated carbocycles. The van der Waals surface area contributed by atoms with Gasteiger partial charge in [0, 0.05) is 17.7 Å². The lowest BCUT2D eigenvalue weighted by atomic mass is 10.1. The minimum atomic E-state index is -0.902. The Hall–Kier alpha value is -3.48. The number of furan rings is 1. The molecule has 1 amide bonds. The van der Waals surface area contributed by atoms with Crippen molar-refractivity contribution in [1.29, 1.82) is 0 Å². The molecular weight excluding hydrogens is 336 g/mol. The molecule has 3 aromatic rings. The molecule has 0 saturated heterocycles. The van der Waals surface area contributed by atoms with Gasteiger partial charge in [0.15, 0.2) is 5.76 Å². The number of methoxy groups -OCH3 is 1. The highest BCUT2D eigenvalue weighted by Crippen LogP contribution is 2.25. The first-order valence-corrected chi connectivity index (χ1v) is 8.00. The highest BCUT2D eigenvalue weighted by atomic mass is 16.5. The lowest BCUT2D eigenvalue weighted by Gasteiger charge is -2.14. The predicted molar refractivity (Wildman–Crippen MR) is 94.8 cm³/mol. The summed E-state index contributed by atoms with van der Waals surface area (Å²) in [6.07, 6.45) is 1.66. The van der Waals surface area contributed by atoms with Gasteiger partial charge in [-0.3, -0.25) is 19.7 Å². The quantitative estimate of drug-likeness (QED) is 0.680. The number of aryl methyl sites for hydroxylation is 1. The first kappa shape index (κ1) is 17.3. The number of hydrogen-bond acceptors (Lipinski definition) is 4. The number of carboxylic acids is 1. The standard InChI is InChI=1S/C19H18N2O5/c1-25-15-8-4-13(5-9-15)16-10-6-14(7-11-18(22)23)21(16)20-19(24)17-3-2-12-26-17/h2-6,8-10,12H,7,11H2,1H3,(H,20,24)(H,22,23). The molecule has 0 bridgehead atoms. The Morgan fingerprint density at radius 3 is 2.54 bits per heavy atom. The van der Waals surface area contributed by atoms with Crippen molar-refractivity contribution < 1.29 is 23.8 Å². The summed E-state index contributed by atoms with van der Waals surface area (Å²) >= 11 is 0. The molecule has 0 aliphatic rings. The smallest absolute Gasteiger partial charge is 0.305 e. The molecule has 7 heteroatoms. The molecule has 0 fully saturated rings. The number of hydrogen-bond donors (Lipinski definition) is 2. The van der Waals surface area contributed by atoms with Crippen LogP contribution in [0, 0.1) is 0 Å². The van der Waals surface area contributed by atoms with Crippen LogP contribution in [0.5, 0.6) is 5.75 Å². The third-order valence-electron chi connectivity index (χ3n) is 3.90. The number of nitrogens with zero attached hydrogens (tertiary/aromatic N) is 1. The number of aromatic nitrogens is 1. The summed E-state index contributed by atoms with van der Waals surface area (Å²) in [5.41, 5.74) is 5.03. The van der Waals surface area contributed by atoms with Crippen LogP contribution in [0.3, 0.4) is 0 Å². The van der Waals surface area contributed by atoms with E-state index in [2.05, 4.69) is 5.43 Å². The molecule has 7 nitrogen and oxygen atoms in total. The zero-order chi connectivity index (χ0) is 18.5. The molecule has 0 unspecified atom stereocenters. The summed E-state index contributed by atoms with van der Waals surface area (Å²) in [4.78, 5) is 23.3. The molecule has 3 rings (SSSR count). The maximum atomic E-state index is 12.4. The Balaban J connectivity index is 1.94. The van der Waals surface area contributed by atoms with E-state index in [4.69, 9.17) is 14.3 Å². The van der Waals surface area contributed by atoms with E-state index in [0.717, 1.165) is 17.0 Å². The number of carbonyl (C=O) groups is 2. The Kier molecular flexibility index (Phi) is 5.07. The Labute approximate surface area is 149 Å². The molecule has 2 heterocycles. The molecule has 0 atom stereocenters. The third-order valence-corrected chi connectivity index (χ3v) is 3.90. The molecule has 134 valence electrons. The van der Waals surface area contributed by atoms with E-state index in [1.165, 1.54) is 6.26 Å². The van der Waals surface area contributed by atoms with Crippen LogP contribution in [-0.2, 0) is 11.2 Å². The van der Waals surface area contributed by atoms with Gasteiger partial charge in [0.2, 0.25) is 0 Å². The zero-order valence-electron chi connectivity index (χ0n) is 14.1. The monoisotopic (exact) mass is 354 g/mol. The normalized spacial score (nSPS) is 10.5. The number of amides is 1. The van der Waals surface area contributed by atoms with Gasteiger partial charge in [0.05, 0.1) is 25.5 Å². The highest BCUT2D eigenvalue weighted by molar-refractivity contribution is 5.98. The second-order valence-electron chi connectivity index (χ2n) is 5.59. The summed E-state index contributed by atoms with van der Waals surface area (Å²) in [5.74, 6) is -0.431. The van der Waals surface area contributed by atoms with Crippen LogP contribution in [-0.4, -0.2) is 28.8 Å². The van der Waals surface area contributed by atoms with E-state index in [-0.39, 0.29) is 18.6 Å². The SMILES string of the molecule is COc1ccc(-c2ccc(CCC(=O)O)n2NC(=O)c2ccco2)cc1. The third kappa shape index (κ3) is 3.77. The Morgan fingerprint density at radius 1 is 1.15 bits per heavy atom. The van der Waals surface area contributed by atoms with Crippen LogP contribution in [0.4, 0.5) is 0 Å². The van der Waals surface area contributed by atoms with Crippen LogP contribution >= 0.6 is 0 Å². The summed E-state index contributed by atoms with van der Waals surface area (Å²) < 4.78 is 11.9. The van der Waals surface area contributed by atoms with Crippen LogP contribution in [0.2, 0.25) is 0 Å². The number of rotatable bonds is 7. The molecule has 0 aliphatic carbocycles. The molecule has 26 heavy (non-hydrogen) atoms. The molecule has 2 N–H and O–H groups in total. The molecule has 0 spiro atoms. The van der Waals surface area contributed by atoms with Gasteiger partial charge in [0.1, 0.15) is 5.75 Å². The Morgan fingerprint density at radius 2 is 1.92 bits per heavy atom. The fraction of sp³-hybridized carbons (Fsp3) is 0.158. The molecule has 1 aromatic carbocycles. The number of benzene rings is 1. The van der Waals surface area contributed by atoms with Gasteiger partial charge in [0.25, 0.3) is 0 Å². The van der Waals surface area contributed by atoms with Crippen molar-refractivity contribution >= 4 is 11.9 Å². The van der Waals surface area contributed by atoms with Gasteiger partial charge < -0.3 is 14.3 Å². The second kappa shape index (κ2) is 7.60. The fourth-order valence-corrected chi connectivity index (χ4v) is 2.59. The van der Waals surface area contributed by atoms with Crippen molar-refractivity contribution in [2.24, 2.45) is 0 Å². The fourth-order valence-electron chi connectivity index (χ4n) is 2.59. The number of nitrogens with one attached hydrogen (secondary N) is 1. The lowest BCUT2D eigenvalue weighted by molar-refractivity contribution is -0.136. The topological polar surface area (TPSA) is 93.7 Å². The lowest BCUT2D eigenvalue weighted by Crippen LogP contribution is -2.25. The predicted octanol–water partition coefficient (Wildman–Crippen LogP) is 3.16. The van der Waals surface area contributed by atoms with Gasteiger partial charge in [-0.15, -0.1) is 0 Å². The van der Waals surface area contributed by atoms with E-state index >= 15 is 0 Å². The van der Waals surface area contributed by atoms with Gasteiger partial charge in [-0.1, -0.05) is 0 Å². The van der Waals surface area contributed by atoms with E-state index in [0.29, 0.717) is 5.69 Å². The van der Waals surface area contributed by atoms with Crippen LogP contribution in [0.15, 0.2) is 59.2 Å². The molecule has 0 radical (unpaired) electrons. The summed E-state index contributed by atoms with van der Waals surface area (Å²) in [6, 6.07) is 14.2. The number of carboxylic acid groups (broad SMARTS) is 1. The van der Waals surface area contributed by atoms with E-state index < -0.39 is 11.9 Å². The van der Waals surface area contributed by atoms with E-state index in [1.807, 2.05) is 30.3 Å². The van der Waals surface area contributed by atoms with Gasteiger partial charge in [-0.25, -0.2) is 0 Å². The first-order chi connectivity index (χ1) is 12.6. The van der Waals surface area contributed by atoms with Crippen LogP contribution in [0.25, 0.3) is 11.3 Å². The van der Waals surface area contributed by atoms with Crippen LogP contribution in [0.1, 0.15) is 22.7 Å². The molecular formula is C19H18N2O5. The molecule has 2 aromatic heterocycles. The maximum absolute atomic E-state index is 12.4. The number of carbonyl (C=O) groups excluding carboxylic acids is 1. The minimum absolute atomic E-state index is 0.0390. The van der Waals surface area contributed by atoms with Crippen molar-refractivity contribution in [3.8, 4) is 17.0 Å². The van der Waals surface area contributed by atoms with Gasteiger partial charge in [-0.05, 0) is 48.5 Å². The van der Waals surface area contributed by atoms with Crippen LogP contribution < -0.4 is 10.2 Å². The van der Waals surface area contributed by atoms with E-state index in [1.54, 1.807) is 30.0 Å². The van der Waals surface area contributed by atoms with Crippen molar-refractivity contribution in [2.45, 2.75) is 12.8 Å². The summed E-state index contributed by atoms with van der Waals surface area (Å²) in [5, 5.41) is 8.95. The van der Waals surface area contributed by atoms with Crippen molar-refractivity contribution in [3.63, 3.8) is 0 Å². The van der Waals surface area contributed by atoms with Gasteiger partial charge in [-0.2, -0.15) is 0 Å². The number of ether oxygens (including phenoxy) is 1. The summed E-state index contributed by atoms with van der Waals surface area (Å²) in [6.45, 7) is 0. The van der Waals surface area contributed by atoms with Gasteiger partial charge >= 0.3 is 11.9 Å². The van der Waals surface area contributed by atoms with Crippen molar-refractivity contribution in [3.05, 3.63) is 66.2 Å². The molecule has 0 aliphatic heterocycles. The zero-order valence-corrected chi connectivity index (χ0v) is 14.1. The highest BCUT2D eigenvalue weighted by Gasteiger charge is 2.16. The average molecular weight is 354 g/mol. The van der Waals surface area contributed by atoms with Crippen molar-refractivity contribution in [1.82, 2.24) is 4.68 Å². The first-order valence-electron chi connectivity index (χ1n) is 8.00. The minimum Gasteiger partial charge on any atom is -0.497 e. The Bertz CT molecular complexity index is 895. The second-order valence-corrected chi connectivity index (χ2v) is 5.59. The average Bonchev–Trinajstić information content (AvgIpc) is 3.30.